The van der Waals surface area contributed by atoms with Crippen LogP contribution < -0.4 is 0 Å². The van der Waals surface area contributed by atoms with Crippen molar-refractivity contribution in [3.8, 4) is 0 Å². The maximum atomic E-state index is 10.8. The van der Waals surface area contributed by atoms with E-state index < -0.39 is 0 Å². The predicted molar refractivity (Wildman–Crippen MR) is 72.6 cm³/mol. The van der Waals surface area contributed by atoms with Crippen LogP contribution in [-0.2, 0) is 5.33 Å². The molecular formula is C10H6BrIOS. The molecule has 72 valence electrons. The first-order valence-corrected chi connectivity index (χ1v) is 7.05. The number of aldehydes is 1. The zero-order valence-electron chi connectivity index (χ0n) is 7.09. The molecule has 0 fully saturated rings. The standard InChI is InChI=1S/C10H6BrIOS/c11-3-6-2-10-8(1-7(6)4-13)9(12)5-14-10/h1-2,4-5H,3H2. The Bertz CT molecular complexity index is 492. The number of hydrogen-bond acceptors (Lipinski definition) is 2. The largest absolute Gasteiger partial charge is 0.298 e. The first-order valence-electron chi connectivity index (χ1n) is 3.97. The van der Waals surface area contributed by atoms with Crippen LogP contribution in [0.3, 0.4) is 0 Å². The summed E-state index contributed by atoms with van der Waals surface area (Å²) in [6.07, 6.45) is 0.920. The van der Waals surface area contributed by atoms with Gasteiger partial charge in [-0.25, -0.2) is 0 Å². The quantitative estimate of drug-likeness (QED) is 0.433. The third-order valence-electron chi connectivity index (χ3n) is 2.06. The summed E-state index contributed by atoms with van der Waals surface area (Å²) >= 11 is 7.40. The monoisotopic (exact) mass is 380 g/mol. The van der Waals surface area contributed by atoms with Crippen molar-refractivity contribution in [1.29, 1.82) is 0 Å². The number of benzene rings is 1. The number of rotatable bonds is 2. The Morgan fingerprint density at radius 2 is 2.29 bits per heavy atom. The summed E-state index contributed by atoms with van der Waals surface area (Å²) in [5, 5.41) is 4.02. The van der Waals surface area contributed by atoms with Crippen molar-refractivity contribution in [1.82, 2.24) is 0 Å². The molecule has 0 aliphatic heterocycles. The molecule has 1 aromatic heterocycles. The summed E-state index contributed by atoms with van der Waals surface area (Å²) in [6.45, 7) is 0. The van der Waals surface area contributed by atoms with Gasteiger partial charge >= 0.3 is 0 Å². The minimum atomic E-state index is 0.728. The fourth-order valence-electron chi connectivity index (χ4n) is 1.33. The molecule has 0 saturated carbocycles. The summed E-state index contributed by atoms with van der Waals surface area (Å²) in [4.78, 5) is 10.8. The highest BCUT2D eigenvalue weighted by atomic mass is 127. The molecule has 0 aliphatic rings. The van der Waals surface area contributed by atoms with Crippen LogP contribution in [0.4, 0.5) is 0 Å². The first kappa shape index (κ1) is 10.6. The molecule has 0 saturated heterocycles. The molecule has 0 N–H and O–H groups in total. The Hall–Kier alpha value is 0.0600. The van der Waals surface area contributed by atoms with Gasteiger partial charge in [0.1, 0.15) is 6.29 Å². The van der Waals surface area contributed by atoms with Gasteiger partial charge in [-0.05, 0) is 40.3 Å². The molecule has 2 rings (SSSR count). The molecule has 0 spiro atoms. The Morgan fingerprint density at radius 3 is 2.93 bits per heavy atom. The number of fused-ring (bicyclic) bond motifs is 1. The summed E-state index contributed by atoms with van der Waals surface area (Å²) in [5.41, 5.74) is 1.84. The lowest BCUT2D eigenvalue weighted by Gasteiger charge is -2.00. The van der Waals surface area contributed by atoms with Gasteiger partial charge in [-0.3, -0.25) is 4.79 Å². The molecule has 0 bridgehead atoms. The van der Waals surface area contributed by atoms with Crippen LogP contribution in [0.2, 0.25) is 0 Å². The van der Waals surface area contributed by atoms with Crippen LogP contribution in [0.1, 0.15) is 15.9 Å². The summed E-state index contributed by atoms with van der Waals surface area (Å²) in [7, 11) is 0. The molecule has 2 aromatic rings. The molecule has 1 aromatic carbocycles. The number of carbonyl (C=O) groups is 1. The number of halogens is 2. The zero-order valence-corrected chi connectivity index (χ0v) is 11.6. The van der Waals surface area contributed by atoms with E-state index in [1.807, 2.05) is 6.07 Å². The van der Waals surface area contributed by atoms with Gasteiger partial charge in [-0.15, -0.1) is 11.3 Å². The van der Waals surface area contributed by atoms with E-state index >= 15 is 0 Å². The third kappa shape index (κ3) is 1.75. The molecule has 0 unspecified atom stereocenters. The van der Waals surface area contributed by atoms with Crippen LogP contribution >= 0.6 is 49.9 Å². The second-order valence-electron chi connectivity index (χ2n) is 2.88. The highest BCUT2D eigenvalue weighted by molar-refractivity contribution is 14.1. The Kier molecular flexibility index (Phi) is 3.23. The Labute approximate surface area is 108 Å². The second-order valence-corrected chi connectivity index (χ2v) is 5.52. The fraction of sp³-hybridized carbons (Fsp3) is 0.100. The SMILES string of the molecule is O=Cc1cc2c(I)csc2cc1CBr. The summed E-state index contributed by atoms with van der Waals surface area (Å²) in [5.74, 6) is 0. The van der Waals surface area contributed by atoms with Crippen LogP contribution in [-0.4, -0.2) is 6.29 Å². The van der Waals surface area contributed by atoms with Crippen LogP contribution in [0.25, 0.3) is 10.1 Å². The van der Waals surface area contributed by atoms with E-state index in [1.54, 1.807) is 11.3 Å². The molecule has 4 heteroatoms. The molecule has 1 heterocycles. The maximum absolute atomic E-state index is 10.8. The van der Waals surface area contributed by atoms with E-state index in [9.17, 15) is 4.79 Å². The Balaban J connectivity index is 2.77. The lowest BCUT2D eigenvalue weighted by molar-refractivity contribution is 0.112. The highest BCUT2D eigenvalue weighted by Crippen LogP contribution is 2.30. The molecular weight excluding hydrogens is 375 g/mol. The molecule has 0 atom stereocenters. The lowest BCUT2D eigenvalue weighted by atomic mass is 10.1. The normalized spacial score (nSPS) is 10.7. The first-order chi connectivity index (χ1) is 6.76. The predicted octanol–water partition coefficient (Wildman–Crippen LogP) is 4.21. The van der Waals surface area contributed by atoms with Crippen molar-refractivity contribution in [2.45, 2.75) is 5.33 Å². The fourth-order valence-corrected chi connectivity index (χ4v) is 3.69. The summed E-state index contributed by atoms with van der Waals surface area (Å²) < 4.78 is 2.46. The average Bonchev–Trinajstić information content (AvgIpc) is 2.58. The van der Waals surface area contributed by atoms with Gasteiger partial charge in [-0.2, -0.15) is 0 Å². The molecule has 0 amide bonds. The van der Waals surface area contributed by atoms with Crippen LogP contribution in [0.15, 0.2) is 17.5 Å². The van der Waals surface area contributed by atoms with Gasteiger partial charge in [0.2, 0.25) is 0 Å². The van der Waals surface area contributed by atoms with Gasteiger partial charge in [-0.1, -0.05) is 15.9 Å². The van der Waals surface area contributed by atoms with Crippen molar-refractivity contribution in [3.63, 3.8) is 0 Å². The van der Waals surface area contributed by atoms with Crippen molar-refractivity contribution in [3.05, 3.63) is 32.2 Å². The van der Waals surface area contributed by atoms with Crippen molar-refractivity contribution in [2.75, 3.05) is 0 Å². The van der Waals surface area contributed by atoms with Crippen molar-refractivity contribution >= 4 is 66.2 Å². The van der Waals surface area contributed by atoms with Gasteiger partial charge in [0.25, 0.3) is 0 Å². The molecule has 0 radical (unpaired) electrons. The summed E-state index contributed by atoms with van der Waals surface area (Å²) in [6, 6.07) is 4.05. The van der Waals surface area contributed by atoms with Crippen LogP contribution in [0, 0.1) is 3.57 Å². The number of thiophene rings is 1. The maximum Gasteiger partial charge on any atom is 0.150 e. The van der Waals surface area contributed by atoms with E-state index in [0.717, 1.165) is 22.7 Å². The van der Waals surface area contributed by atoms with Gasteiger partial charge in [0.05, 0.1) is 0 Å². The van der Waals surface area contributed by atoms with E-state index in [4.69, 9.17) is 0 Å². The average molecular weight is 381 g/mol. The van der Waals surface area contributed by atoms with Gasteiger partial charge < -0.3 is 0 Å². The number of carbonyl (C=O) groups excluding carboxylic acids is 1. The van der Waals surface area contributed by atoms with E-state index in [0.29, 0.717) is 0 Å². The molecule has 1 nitrogen and oxygen atoms in total. The number of hydrogen-bond donors (Lipinski definition) is 0. The third-order valence-corrected chi connectivity index (χ3v) is 4.92. The van der Waals surface area contributed by atoms with E-state index in [-0.39, 0.29) is 0 Å². The van der Waals surface area contributed by atoms with Gasteiger partial charge in [0.15, 0.2) is 0 Å². The van der Waals surface area contributed by atoms with Gasteiger partial charge in [0, 0.05) is 29.9 Å². The molecule has 14 heavy (non-hydrogen) atoms. The van der Waals surface area contributed by atoms with Crippen LogP contribution in [0.5, 0.6) is 0 Å². The lowest BCUT2D eigenvalue weighted by Crippen LogP contribution is -1.88. The minimum absolute atomic E-state index is 0.728. The Morgan fingerprint density at radius 1 is 1.50 bits per heavy atom. The van der Waals surface area contributed by atoms with E-state index in [1.165, 1.54) is 13.7 Å². The zero-order chi connectivity index (χ0) is 10.1. The van der Waals surface area contributed by atoms with E-state index in [2.05, 4.69) is 50.0 Å². The second kappa shape index (κ2) is 4.28. The smallest absolute Gasteiger partial charge is 0.150 e. The van der Waals surface area contributed by atoms with Crippen molar-refractivity contribution in [2.24, 2.45) is 0 Å². The van der Waals surface area contributed by atoms with Crippen molar-refractivity contribution < 1.29 is 4.79 Å². The minimum Gasteiger partial charge on any atom is -0.298 e. The number of alkyl halides is 1. The topological polar surface area (TPSA) is 17.1 Å². The molecule has 0 aliphatic carbocycles. The highest BCUT2D eigenvalue weighted by Gasteiger charge is 2.07.